The summed E-state index contributed by atoms with van der Waals surface area (Å²) in [6.07, 6.45) is 0.157. The van der Waals surface area contributed by atoms with Gasteiger partial charge < -0.3 is 20.1 Å². The Labute approximate surface area is 146 Å². The molecule has 0 spiro atoms. The first-order valence-corrected chi connectivity index (χ1v) is 8.20. The number of rotatable bonds is 5. The Morgan fingerprint density at radius 2 is 1.96 bits per heavy atom. The molecule has 1 aliphatic heterocycles. The molecule has 3 rings (SSSR count). The summed E-state index contributed by atoms with van der Waals surface area (Å²) in [4.78, 5) is 26.5. The Hall–Kier alpha value is -3.02. The molecule has 130 valence electrons. The first-order valence-electron chi connectivity index (χ1n) is 8.20. The molecule has 0 radical (unpaired) electrons. The standard InChI is InChI=1S/C19H20N2O4/c1-2-25-17-6-4-3-5-16(17)21-12-13(11-18(21)23)19(24)20-14-7-9-15(22)10-8-14/h3-10,13,22H,2,11-12H2,1H3,(H,20,24). The van der Waals surface area contributed by atoms with Crippen molar-refractivity contribution >= 4 is 23.2 Å². The maximum atomic E-state index is 12.4. The van der Waals surface area contributed by atoms with E-state index in [-0.39, 0.29) is 24.0 Å². The molecule has 0 aliphatic carbocycles. The fourth-order valence-corrected chi connectivity index (χ4v) is 2.86. The van der Waals surface area contributed by atoms with E-state index < -0.39 is 5.92 Å². The van der Waals surface area contributed by atoms with Gasteiger partial charge in [0.15, 0.2) is 0 Å². The fourth-order valence-electron chi connectivity index (χ4n) is 2.86. The number of nitrogens with one attached hydrogen (secondary N) is 1. The zero-order chi connectivity index (χ0) is 17.8. The van der Waals surface area contributed by atoms with E-state index in [1.807, 2.05) is 31.2 Å². The summed E-state index contributed by atoms with van der Waals surface area (Å²) in [5.41, 5.74) is 1.28. The van der Waals surface area contributed by atoms with E-state index in [4.69, 9.17) is 4.74 Å². The lowest BCUT2D eigenvalue weighted by atomic mass is 10.1. The SMILES string of the molecule is CCOc1ccccc1N1CC(C(=O)Nc2ccc(O)cc2)CC1=O. The molecule has 0 aromatic heterocycles. The van der Waals surface area contributed by atoms with Gasteiger partial charge in [0.05, 0.1) is 18.2 Å². The molecule has 25 heavy (non-hydrogen) atoms. The van der Waals surface area contributed by atoms with Crippen LogP contribution < -0.4 is 15.0 Å². The van der Waals surface area contributed by atoms with Crippen LogP contribution in [0.25, 0.3) is 0 Å². The van der Waals surface area contributed by atoms with Crippen LogP contribution in [0.3, 0.4) is 0 Å². The van der Waals surface area contributed by atoms with Gasteiger partial charge in [0, 0.05) is 18.7 Å². The van der Waals surface area contributed by atoms with Crippen molar-refractivity contribution in [2.75, 3.05) is 23.4 Å². The second-order valence-electron chi connectivity index (χ2n) is 5.84. The Morgan fingerprint density at radius 3 is 2.68 bits per heavy atom. The molecule has 1 heterocycles. The maximum Gasteiger partial charge on any atom is 0.229 e. The van der Waals surface area contributed by atoms with Crippen LogP contribution in [0.1, 0.15) is 13.3 Å². The van der Waals surface area contributed by atoms with Gasteiger partial charge in [-0.2, -0.15) is 0 Å². The third kappa shape index (κ3) is 3.74. The Morgan fingerprint density at radius 1 is 1.24 bits per heavy atom. The lowest BCUT2D eigenvalue weighted by Gasteiger charge is -2.20. The number of anilines is 2. The quantitative estimate of drug-likeness (QED) is 0.821. The van der Waals surface area contributed by atoms with Gasteiger partial charge in [0.25, 0.3) is 0 Å². The van der Waals surface area contributed by atoms with Gasteiger partial charge in [-0.15, -0.1) is 0 Å². The molecule has 1 unspecified atom stereocenters. The highest BCUT2D eigenvalue weighted by Crippen LogP contribution is 2.33. The van der Waals surface area contributed by atoms with Crippen molar-refractivity contribution < 1.29 is 19.4 Å². The van der Waals surface area contributed by atoms with Crippen molar-refractivity contribution in [1.29, 1.82) is 0 Å². The summed E-state index contributed by atoms with van der Waals surface area (Å²) >= 11 is 0. The second-order valence-corrected chi connectivity index (χ2v) is 5.84. The van der Waals surface area contributed by atoms with Gasteiger partial charge >= 0.3 is 0 Å². The van der Waals surface area contributed by atoms with Gasteiger partial charge in [0.1, 0.15) is 11.5 Å². The number of hydrogen-bond acceptors (Lipinski definition) is 4. The number of ether oxygens (including phenoxy) is 1. The Kier molecular flexibility index (Phi) is 4.88. The molecule has 1 atom stereocenters. The zero-order valence-corrected chi connectivity index (χ0v) is 13.9. The minimum absolute atomic E-state index is 0.0991. The highest BCUT2D eigenvalue weighted by molar-refractivity contribution is 6.04. The molecule has 0 bridgehead atoms. The smallest absolute Gasteiger partial charge is 0.229 e. The number of carbonyl (C=O) groups excluding carboxylic acids is 2. The average molecular weight is 340 g/mol. The molecule has 0 saturated carbocycles. The molecule has 2 amide bonds. The number of phenols is 1. The van der Waals surface area contributed by atoms with Crippen LogP contribution in [0.5, 0.6) is 11.5 Å². The van der Waals surface area contributed by atoms with E-state index in [1.165, 1.54) is 12.1 Å². The van der Waals surface area contributed by atoms with Gasteiger partial charge in [-0.3, -0.25) is 9.59 Å². The monoisotopic (exact) mass is 340 g/mol. The molecule has 2 aromatic rings. The number of benzene rings is 2. The highest BCUT2D eigenvalue weighted by atomic mass is 16.5. The molecule has 1 saturated heterocycles. The van der Waals surface area contributed by atoms with Gasteiger partial charge in [-0.05, 0) is 43.3 Å². The maximum absolute atomic E-state index is 12.4. The van der Waals surface area contributed by atoms with Crippen LogP contribution in [0.15, 0.2) is 48.5 Å². The largest absolute Gasteiger partial charge is 0.508 e. The van der Waals surface area contributed by atoms with Crippen LogP contribution in [0, 0.1) is 5.92 Å². The molecule has 1 aliphatic rings. The van der Waals surface area contributed by atoms with Crippen molar-refractivity contribution in [2.24, 2.45) is 5.92 Å². The second kappa shape index (κ2) is 7.25. The topological polar surface area (TPSA) is 78.9 Å². The van der Waals surface area contributed by atoms with Crippen LogP contribution >= 0.6 is 0 Å². The van der Waals surface area contributed by atoms with Gasteiger partial charge in [-0.25, -0.2) is 0 Å². The molecular formula is C19H20N2O4. The normalized spacial score (nSPS) is 16.8. The summed E-state index contributed by atoms with van der Waals surface area (Å²) < 4.78 is 5.58. The summed E-state index contributed by atoms with van der Waals surface area (Å²) in [7, 11) is 0. The zero-order valence-electron chi connectivity index (χ0n) is 13.9. The lowest BCUT2D eigenvalue weighted by molar-refractivity contribution is -0.122. The van der Waals surface area contributed by atoms with E-state index in [1.54, 1.807) is 17.0 Å². The van der Waals surface area contributed by atoms with Crippen molar-refractivity contribution in [3.8, 4) is 11.5 Å². The number of amides is 2. The summed E-state index contributed by atoms with van der Waals surface area (Å²) in [6, 6.07) is 13.6. The Bertz CT molecular complexity index is 773. The van der Waals surface area contributed by atoms with Gasteiger partial charge in [0.2, 0.25) is 11.8 Å². The van der Waals surface area contributed by atoms with E-state index in [9.17, 15) is 14.7 Å². The van der Waals surface area contributed by atoms with E-state index in [0.717, 1.165) is 0 Å². The minimum atomic E-state index is -0.434. The predicted octanol–water partition coefficient (Wildman–Crippen LogP) is 2.78. The third-order valence-electron chi connectivity index (χ3n) is 4.09. The summed E-state index contributed by atoms with van der Waals surface area (Å²) in [5.74, 6) is 0.0233. The van der Waals surface area contributed by atoms with Crippen LogP contribution in [-0.2, 0) is 9.59 Å². The molecular weight excluding hydrogens is 320 g/mol. The van der Waals surface area contributed by atoms with Crippen molar-refractivity contribution in [2.45, 2.75) is 13.3 Å². The summed E-state index contributed by atoms with van der Waals surface area (Å²) in [5, 5.41) is 12.1. The number of phenolic OH excluding ortho intramolecular Hbond substituents is 1. The first kappa shape index (κ1) is 16.8. The van der Waals surface area contributed by atoms with E-state index in [0.29, 0.717) is 30.3 Å². The fraction of sp³-hybridized carbons (Fsp3) is 0.263. The van der Waals surface area contributed by atoms with Crippen molar-refractivity contribution in [1.82, 2.24) is 0 Å². The number of carbonyl (C=O) groups is 2. The minimum Gasteiger partial charge on any atom is -0.508 e. The number of para-hydroxylation sites is 2. The van der Waals surface area contributed by atoms with Crippen molar-refractivity contribution in [3.05, 3.63) is 48.5 Å². The first-order chi connectivity index (χ1) is 12.1. The Balaban J connectivity index is 1.72. The van der Waals surface area contributed by atoms with Crippen LogP contribution in [0.4, 0.5) is 11.4 Å². The predicted molar refractivity (Wildman–Crippen MR) is 94.8 cm³/mol. The number of nitrogens with zero attached hydrogens (tertiary/aromatic N) is 1. The highest BCUT2D eigenvalue weighted by Gasteiger charge is 2.36. The van der Waals surface area contributed by atoms with E-state index >= 15 is 0 Å². The molecule has 1 fully saturated rings. The number of aromatic hydroxyl groups is 1. The number of hydrogen-bond donors (Lipinski definition) is 2. The lowest BCUT2D eigenvalue weighted by Crippen LogP contribution is -2.28. The molecule has 6 nitrogen and oxygen atoms in total. The van der Waals surface area contributed by atoms with Crippen molar-refractivity contribution in [3.63, 3.8) is 0 Å². The molecule has 2 N–H and O–H groups in total. The van der Waals surface area contributed by atoms with Crippen LogP contribution in [0.2, 0.25) is 0 Å². The van der Waals surface area contributed by atoms with E-state index in [2.05, 4.69) is 5.32 Å². The van der Waals surface area contributed by atoms with Crippen LogP contribution in [-0.4, -0.2) is 30.1 Å². The molecule has 6 heteroatoms. The van der Waals surface area contributed by atoms with Gasteiger partial charge in [-0.1, -0.05) is 12.1 Å². The third-order valence-corrected chi connectivity index (χ3v) is 4.09. The summed E-state index contributed by atoms with van der Waals surface area (Å²) in [6.45, 7) is 2.70. The molecule has 2 aromatic carbocycles. The average Bonchev–Trinajstić information content (AvgIpc) is 2.99.